The van der Waals surface area contributed by atoms with Crippen molar-refractivity contribution in [3.8, 4) is 0 Å². The summed E-state index contributed by atoms with van der Waals surface area (Å²) in [7, 11) is 0. The highest BCUT2D eigenvalue weighted by molar-refractivity contribution is 7.09. The van der Waals surface area contributed by atoms with Crippen LogP contribution in [0.2, 0.25) is 0 Å². The van der Waals surface area contributed by atoms with E-state index in [0.29, 0.717) is 23.5 Å². The highest BCUT2D eigenvalue weighted by atomic mass is 32.1. The van der Waals surface area contributed by atoms with Crippen LogP contribution >= 0.6 is 11.3 Å². The van der Waals surface area contributed by atoms with Gasteiger partial charge in [0.05, 0.1) is 29.6 Å². The number of hydrogen-bond acceptors (Lipinski definition) is 6. The fraction of sp³-hybridized carbons (Fsp3) is 0.286. The van der Waals surface area contributed by atoms with Crippen LogP contribution in [0.1, 0.15) is 35.3 Å². The minimum absolute atomic E-state index is 0.0229. The van der Waals surface area contributed by atoms with Crippen molar-refractivity contribution in [2.24, 2.45) is 0 Å². The van der Waals surface area contributed by atoms with Crippen molar-refractivity contribution in [3.05, 3.63) is 40.3 Å². The molecule has 0 fully saturated rings. The van der Waals surface area contributed by atoms with Crippen LogP contribution in [0.15, 0.2) is 29.8 Å². The number of nitrogens with one attached hydrogen (secondary N) is 1. The van der Waals surface area contributed by atoms with E-state index in [4.69, 9.17) is 10.5 Å². The van der Waals surface area contributed by atoms with Gasteiger partial charge in [0.2, 0.25) is 0 Å². The number of nitrogen functional groups attached to an aromatic ring is 1. The van der Waals surface area contributed by atoms with Gasteiger partial charge in [0, 0.05) is 11.6 Å². The summed E-state index contributed by atoms with van der Waals surface area (Å²) in [5.74, 6) is -0.407. The first-order valence-corrected chi connectivity index (χ1v) is 7.23. The zero-order valence-electron chi connectivity index (χ0n) is 11.4. The van der Waals surface area contributed by atoms with E-state index in [1.165, 1.54) is 0 Å². The van der Waals surface area contributed by atoms with E-state index in [9.17, 15) is 4.79 Å². The Bertz CT molecular complexity index is 584. The molecule has 0 saturated heterocycles. The summed E-state index contributed by atoms with van der Waals surface area (Å²) in [6, 6.07) is 5.29. The van der Waals surface area contributed by atoms with Crippen LogP contribution in [0.4, 0.5) is 11.4 Å². The molecule has 0 aliphatic rings. The Labute approximate surface area is 121 Å². The molecule has 6 heteroatoms. The van der Waals surface area contributed by atoms with Crippen LogP contribution in [0, 0.1) is 0 Å². The molecule has 5 nitrogen and oxygen atoms in total. The third-order valence-electron chi connectivity index (χ3n) is 2.80. The van der Waals surface area contributed by atoms with Gasteiger partial charge in [-0.15, -0.1) is 11.3 Å². The summed E-state index contributed by atoms with van der Waals surface area (Å²) >= 11 is 1.57. The predicted molar refractivity (Wildman–Crippen MR) is 81.0 cm³/mol. The number of nitrogens with zero attached hydrogens (tertiary/aromatic N) is 1. The standard InChI is InChI=1S/C14H17N3O2S/c1-3-19-14(18)10-5-4-6-11(12(10)15)17-9(2)13-16-7-8-20-13/h4-9,17H,3,15H2,1-2H3. The Morgan fingerprint density at radius 1 is 1.55 bits per heavy atom. The molecule has 0 amide bonds. The Balaban J connectivity index is 2.20. The number of esters is 1. The first-order valence-electron chi connectivity index (χ1n) is 6.35. The molecule has 1 aromatic heterocycles. The van der Waals surface area contributed by atoms with E-state index in [0.717, 1.165) is 5.01 Å². The number of rotatable bonds is 5. The van der Waals surface area contributed by atoms with Crippen molar-refractivity contribution in [2.75, 3.05) is 17.7 Å². The van der Waals surface area contributed by atoms with E-state index >= 15 is 0 Å². The van der Waals surface area contributed by atoms with Crippen molar-refractivity contribution in [2.45, 2.75) is 19.9 Å². The van der Waals surface area contributed by atoms with E-state index in [2.05, 4.69) is 10.3 Å². The highest BCUT2D eigenvalue weighted by Crippen LogP contribution is 2.28. The molecule has 1 aromatic carbocycles. The molecule has 0 bridgehead atoms. The third kappa shape index (κ3) is 3.08. The molecule has 0 radical (unpaired) electrons. The average molecular weight is 291 g/mol. The second-order valence-corrected chi connectivity index (χ2v) is 5.15. The van der Waals surface area contributed by atoms with Crippen molar-refractivity contribution in [1.29, 1.82) is 0 Å². The molecule has 1 unspecified atom stereocenters. The van der Waals surface area contributed by atoms with Crippen molar-refractivity contribution in [1.82, 2.24) is 4.98 Å². The summed E-state index contributed by atoms with van der Waals surface area (Å²) in [5.41, 5.74) is 7.52. The second-order valence-electron chi connectivity index (χ2n) is 4.22. The number of aromatic nitrogens is 1. The molecule has 0 aliphatic carbocycles. The number of anilines is 2. The number of nitrogens with two attached hydrogens (primary N) is 1. The Morgan fingerprint density at radius 2 is 2.35 bits per heavy atom. The van der Waals surface area contributed by atoms with Crippen LogP contribution in [-0.2, 0) is 4.74 Å². The largest absolute Gasteiger partial charge is 0.462 e. The lowest BCUT2D eigenvalue weighted by molar-refractivity contribution is 0.0527. The summed E-state index contributed by atoms with van der Waals surface area (Å²) in [4.78, 5) is 16.0. The molecule has 0 aliphatic heterocycles. The molecule has 1 atom stereocenters. The number of carbonyl (C=O) groups excluding carboxylic acids is 1. The monoisotopic (exact) mass is 291 g/mol. The Hall–Kier alpha value is -2.08. The third-order valence-corrected chi connectivity index (χ3v) is 3.75. The summed E-state index contributed by atoms with van der Waals surface area (Å²) in [5, 5.41) is 6.15. The Kier molecular flexibility index (Phi) is 4.57. The van der Waals surface area contributed by atoms with Crippen molar-refractivity contribution in [3.63, 3.8) is 0 Å². The van der Waals surface area contributed by atoms with E-state index in [1.807, 2.05) is 18.4 Å². The summed E-state index contributed by atoms with van der Waals surface area (Å²) < 4.78 is 4.98. The molecular formula is C14H17N3O2S. The number of thiazole rings is 1. The maximum atomic E-state index is 11.8. The molecule has 3 N–H and O–H groups in total. The summed E-state index contributed by atoms with van der Waals surface area (Å²) in [6.07, 6.45) is 1.76. The Morgan fingerprint density at radius 3 is 3.00 bits per heavy atom. The van der Waals surface area contributed by atoms with Crippen molar-refractivity contribution >= 4 is 28.7 Å². The fourth-order valence-electron chi connectivity index (χ4n) is 1.82. The minimum Gasteiger partial charge on any atom is -0.462 e. The molecule has 1 heterocycles. The van der Waals surface area contributed by atoms with Crippen LogP contribution in [-0.4, -0.2) is 17.6 Å². The van der Waals surface area contributed by atoms with Gasteiger partial charge in [-0.1, -0.05) is 6.07 Å². The molecule has 0 saturated carbocycles. The van der Waals surface area contributed by atoms with Gasteiger partial charge < -0.3 is 15.8 Å². The van der Waals surface area contributed by atoms with E-state index in [1.54, 1.807) is 36.6 Å². The number of para-hydroxylation sites is 1. The zero-order valence-corrected chi connectivity index (χ0v) is 12.2. The van der Waals surface area contributed by atoms with Gasteiger partial charge in [-0.25, -0.2) is 9.78 Å². The van der Waals surface area contributed by atoms with Crippen molar-refractivity contribution < 1.29 is 9.53 Å². The normalized spacial score (nSPS) is 11.9. The van der Waals surface area contributed by atoms with E-state index < -0.39 is 5.97 Å². The van der Waals surface area contributed by atoms with Gasteiger partial charge >= 0.3 is 5.97 Å². The maximum absolute atomic E-state index is 11.8. The molecule has 20 heavy (non-hydrogen) atoms. The fourth-order valence-corrected chi connectivity index (χ4v) is 2.47. The van der Waals surface area contributed by atoms with Gasteiger partial charge in [-0.2, -0.15) is 0 Å². The molecule has 0 spiro atoms. The lowest BCUT2D eigenvalue weighted by atomic mass is 10.1. The molecule has 2 aromatic rings. The number of carbonyl (C=O) groups is 1. The van der Waals surface area contributed by atoms with Gasteiger partial charge in [0.25, 0.3) is 0 Å². The average Bonchev–Trinajstić information content (AvgIpc) is 2.95. The van der Waals surface area contributed by atoms with Gasteiger partial charge in [0.1, 0.15) is 5.01 Å². The first-order chi connectivity index (χ1) is 9.63. The lowest BCUT2D eigenvalue weighted by Gasteiger charge is -2.16. The topological polar surface area (TPSA) is 77.2 Å². The zero-order chi connectivity index (χ0) is 14.5. The van der Waals surface area contributed by atoms with Crippen LogP contribution < -0.4 is 11.1 Å². The lowest BCUT2D eigenvalue weighted by Crippen LogP contribution is -2.12. The highest BCUT2D eigenvalue weighted by Gasteiger charge is 2.15. The quantitative estimate of drug-likeness (QED) is 0.654. The minimum atomic E-state index is -0.407. The van der Waals surface area contributed by atoms with E-state index in [-0.39, 0.29) is 6.04 Å². The number of ether oxygens (including phenoxy) is 1. The first kappa shape index (κ1) is 14.3. The second kappa shape index (κ2) is 6.38. The molecular weight excluding hydrogens is 274 g/mol. The van der Waals surface area contributed by atoms with Crippen LogP contribution in [0.5, 0.6) is 0 Å². The van der Waals surface area contributed by atoms with Crippen LogP contribution in [0.25, 0.3) is 0 Å². The predicted octanol–water partition coefficient (Wildman–Crippen LogP) is 3.08. The molecule has 106 valence electrons. The molecule has 2 rings (SSSR count). The summed E-state index contributed by atoms with van der Waals surface area (Å²) in [6.45, 7) is 4.08. The number of benzene rings is 1. The number of hydrogen-bond donors (Lipinski definition) is 2. The van der Waals surface area contributed by atoms with Gasteiger partial charge in [-0.05, 0) is 26.0 Å². The van der Waals surface area contributed by atoms with Gasteiger partial charge in [0.15, 0.2) is 0 Å². The SMILES string of the molecule is CCOC(=O)c1cccc(NC(C)c2nccs2)c1N. The smallest absolute Gasteiger partial charge is 0.340 e. The van der Waals surface area contributed by atoms with Gasteiger partial charge in [-0.3, -0.25) is 0 Å². The maximum Gasteiger partial charge on any atom is 0.340 e. The van der Waals surface area contributed by atoms with Crippen LogP contribution in [0.3, 0.4) is 0 Å².